The van der Waals surface area contributed by atoms with Crippen molar-refractivity contribution < 1.29 is 28.8 Å². The second-order valence-electron chi connectivity index (χ2n) is 8.35. The topological polar surface area (TPSA) is 128 Å². The van der Waals surface area contributed by atoms with E-state index in [0.29, 0.717) is 22.6 Å². The van der Waals surface area contributed by atoms with Gasteiger partial charge in [0.15, 0.2) is 0 Å². The highest BCUT2D eigenvalue weighted by Gasteiger charge is 2.37. The zero-order valence-electron chi connectivity index (χ0n) is 20.3. The number of methoxy groups -OCH3 is 1. The van der Waals surface area contributed by atoms with Crippen molar-refractivity contribution in [1.82, 2.24) is 5.32 Å². The van der Waals surface area contributed by atoms with Gasteiger partial charge in [0.05, 0.1) is 17.7 Å². The highest BCUT2D eigenvalue weighted by molar-refractivity contribution is 6.39. The van der Waals surface area contributed by atoms with Crippen LogP contribution in [0.5, 0.6) is 11.5 Å². The first-order valence-electron chi connectivity index (χ1n) is 11.2. The number of benzene rings is 3. The molecule has 1 fully saturated rings. The normalized spacial score (nSPS) is 14.5. The number of anilines is 1. The summed E-state index contributed by atoms with van der Waals surface area (Å²) < 4.78 is 11.2. The third-order valence-electron chi connectivity index (χ3n) is 5.89. The summed E-state index contributed by atoms with van der Waals surface area (Å²) in [5.41, 5.74) is 2.79. The third-order valence-corrected chi connectivity index (χ3v) is 5.89. The van der Waals surface area contributed by atoms with E-state index in [9.17, 15) is 24.5 Å². The maximum atomic E-state index is 13.3. The van der Waals surface area contributed by atoms with Gasteiger partial charge < -0.3 is 9.47 Å². The first-order valence-corrected chi connectivity index (χ1v) is 11.2. The van der Waals surface area contributed by atoms with Gasteiger partial charge in [-0.05, 0) is 60.9 Å². The fraction of sp³-hybridized carbons (Fsp3) is 0.148. The molecular weight excluding hydrogens is 478 g/mol. The number of nitro benzene ring substituents is 1. The highest BCUT2D eigenvalue weighted by Crippen LogP contribution is 2.30. The standard InChI is InChI=1S/C27H23N3O7/c1-16-7-9-20(11-17(16)2)29-26(32)23(25(31)28-27(29)33)13-19-8-10-22(36-3)14-24(19)37-15-18-5-4-6-21(12-18)30(34)35/h4-14H,15H2,1-3H3,(H,28,31,33)/b23-13+. The monoisotopic (exact) mass is 501 g/mol. The van der Waals surface area contributed by atoms with Crippen molar-refractivity contribution in [2.75, 3.05) is 12.0 Å². The number of non-ortho nitro benzene ring substituents is 1. The van der Waals surface area contributed by atoms with Crippen LogP contribution in [0.3, 0.4) is 0 Å². The Bertz CT molecular complexity index is 1460. The molecule has 0 aliphatic carbocycles. The molecule has 1 N–H and O–H groups in total. The van der Waals surface area contributed by atoms with Crippen LogP contribution in [0.2, 0.25) is 0 Å². The fourth-order valence-corrected chi connectivity index (χ4v) is 3.72. The number of hydrogen-bond acceptors (Lipinski definition) is 7. The summed E-state index contributed by atoms with van der Waals surface area (Å²) in [5.74, 6) is -0.885. The van der Waals surface area contributed by atoms with Crippen LogP contribution in [0.1, 0.15) is 22.3 Å². The second-order valence-corrected chi connectivity index (χ2v) is 8.35. The van der Waals surface area contributed by atoms with Crippen LogP contribution < -0.4 is 19.7 Å². The lowest BCUT2D eigenvalue weighted by Gasteiger charge is -2.27. The molecule has 1 aliphatic heterocycles. The molecule has 1 saturated heterocycles. The zero-order valence-corrected chi connectivity index (χ0v) is 20.3. The first kappa shape index (κ1) is 25.1. The highest BCUT2D eigenvalue weighted by atomic mass is 16.6. The Hall–Kier alpha value is -4.99. The van der Waals surface area contributed by atoms with E-state index in [0.717, 1.165) is 16.0 Å². The average Bonchev–Trinajstić information content (AvgIpc) is 2.87. The van der Waals surface area contributed by atoms with Crippen molar-refractivity contribution in [3.8, 4) is 11.5 Å². The number of carbonyl (C=O) groups excluding carboxylic acids is 3. The number of rotatable bonds is 7. The summed E-state index contributed by atoms with van der Waals surface area (Å²) in [4.78, 5) is 50.0. The van der Waals surface area contributed by atoms with E-state index in [-0.39, 0.29) is 23.6 Å². The third kappa shape index (κ3) is 5.32. The summed E-state index contributed by atoms with van der Waals surface area (Å²) in [6, 6.07) is 15.1. The van der Waals surface area contributed by atoms with E-state index in [1.807, 2.05) is 13.8 Å². The molecule has 4 rings (SSSR count). The van der Waals surface area contributed by atoms with E-state index >= 15 is 0 Å². The number of nitrogens with one attached hydrogen (secondary N) is 1. The largest absolute Gasteiger partial charge is 0.497 e. The number of imide groups is 2. The van der Waals surface area contributed by atoms with Crippen LogP contribution >= 0.6 is 0 Å². The molecule has 0 bridgehead atoms. The fourth-order valence-electron chi connectivity index (χ4n) is 3.72. The number of aryl methyl sites for hydroxylation is 2. The SMILES string of the molecule is COc1ccc(/C=C2\C(=O)NC(=O)N(c3ccc(C)c(C)c3)C2=O)c(OCc2cccc([N+](=O)[O-])c2)c1. The lowest BCUT2D eigenvalue weighted by atomic mass is 10.0. The Balaban J connectivity index is 1.68. The molecule has 1 heterocycles. The van der Waals surface area contributed by atoms with E-state index in [1.54, 1.807) is 48.5 Å². The predicted octanol–water partition coefficient (Wildman–Crippen LogP) is 4.47. The van der Waals surface area contributed by atoms with Gasteiger partial charge in [0, 0.05) is 23.8 Å². The summed E-state index contributed by atoms with van der Waals surface area (Å²) >= 11 is 0. The van der Waals surface area contributed by atoms with Gasteiger partial charge in [-0.3, -0.25) is 25.0 Å². The van der Waals surface area contributed by atoms with Gasteiger partial charge in [-0.1, -0.05) is 18.2 Å². The quantitative estimate of drug-likeness (QED) is 0.219. The van der Waals surface area contributed by atoms with Crippen LogP contribution in [-0.4, -0.2) is 29.9 Å². The van der Waals surface area contributed by atoms with Crippen molar-refractivity contribution in [3.63, 3.8) is 0 Å². The van der Waals surface area contributed by atoms with E-state index < -0.39 is 22.8 Å². The van der Waals surface area contributed by atoms with Crippen LogP contribution in [0.4, 0.5) is 16.2 Å². The molecule has 0 radical (unpaired) electrons. The van der Waals surface area contributed by atoms with Gasteiger partial charge in [0.25, 0.3) is 17.5 Å². The van der Waals surface area contributed by atoms with Gasteiger partial charge in [-0.25, -0.2) is 9.69 Å². The molecule has 0 aromatic heterocycles. The predicted molar refractivity (Wildman–Crippen MR) is 135 cm³/mol. The van der Waals surface area contributed by atoms with E-state index in [4.69, 9.17) is 9.47 Å². The van der Waals surface area contributed by atoms with Crippen molar-refractivity contribution in [1.29, 1.82) is 0 Å². The molecule has 0 unspecified atom stereocenters. The summed E-state index contributed by atoms with van der Waals surface area (Å²) in [7, 11) is 1.48. The minimum absolute atomic E-state index is 0.0155. The average molecular weight is 501 g/mol. The minimum Gasteiger partial charge on any atom is -0.497 e. The number of amides is 4. The molecule has 10 nitrogen and oxygen atoms in total. The molecule has 1 aliphatic rings. The molecule has 0 spiro atoms. The Morgan fingerprint density at radius 2 is 1.78 bits per heavy atom. The number of ether oxygens (including phenoxy) is 2. The lowest BCUT2D eigenvalue weighted by Crippen LogP contribution is -2.54. The van der Waals surface area contributed by atoms with Crippen molar-refractivity contribution in [2.45, 2.75) is 20.5 Å². The number of hydrogen-bond donors (Lipinski definition) is 1. The van der Waals surface area contributed by atoms with Gasteiger partial charge >= 0.3 is 6.03 Å². The van der Waals surface area contributed by atoms with Gasteiger partial charge in [-0.15, -0.1) is 0 Å². The number of urea groups is 1. The molecule has 4 amide bonds. The van der Waals surface area contributed by atoms with Crippen molar-refractivity contribution >= 4 is 35.3 Å². The molecule has 10 heteroatoms. The number of barbiturate groups is 1. The van der Waals surface area contributed by atoms with Crippen LogP contribution in [0, 0.1) is 24.0 Å². The number of carbonyl (C=O) groups is 3. The molecule has 37 heavy (non-hydrogen) atoms. The maximum absolute atomic E-state index is 13.3. The molecule has 0 saturated carbocycles. The van der Waals surface area contributed by atoms with Crippen LogP contribution in [-0.2, 0) is 16.2 Å². The van der Waals surface area contributed by atoms with Gasteiger partial charge in [-0.2, -0.15) is 0 Å². The maximum Gasteiger partial charge on any atom is 0.335 e. The smallest absolute Gasteiger partial charge is 0.335 e. The zero-order chi connectivity index (χ0) is 26.7. The Morgan fingerprint density at radius 1 is 1.00 bits per heavy atom. The molecular formula is C27H23N3O7. The van der Waals surface area contributed by atoms with Crippen LogP contribution in [0.15, 0.2) is 66.2 Å². The van der Waals surface area contributed by atoms with Gasteiger partial charge in [0.2, 0.25) is 0 Å². The molecule has 3 aromatic carbocycles. The van der Waals surface area contributed by atoms with Crippen molar-refractivity contribution in [2.24, 2.45) is 0 Å². The Morgan fingerprint density at radius 3 is 2.49 bits per heavy atom. The van der Waals surface area contributed by atoms with Crippen molar-refractivity contribution in [3.05, 3.63) is 98.6 Å². The molecule has 3 aromatic rings. The lowest BCUT2D eigenvalue weighted by molar-refractivity contribution is -0.384. The number of nitro groups is 1. The second kappa shape index (κ2) is 10.3. The summed E-state index contributed by atoms with van der Waals surface area (Å²) in [6.45, 7) is 3.75. The molecule has 188 valence electrons. The molecule has 0 atom stereocenters. The van der Waals surface area contributed by atoms with Gasteiger partial charge in [0.1, 0.15) is 23.7 Å². The number of nitrogens with zero attached hydrogens (tertiary/aromatic N) is 2. The van der Waals surface area contributed by atoms with Crippen LogP contribution in [0.25, 0.3) is 6.08 Å². The first-order chi connectivity index (χ1) is 17.7. The Labute approximate surface area is 212 Å². The summed E-state index contributed by atoms with van der Waals surface area (Å²) in [5, 5.41) is 13.3. The van der Waals surface area contributed by atoms with E-state index in [2.05, 4.69) is 5.32 Å². The van der Waals surface area contributed by atoms with E-state index in [1.165, 1.54) is 25.3 Å². The Kier molecular flexibility index (Phi) is 7.01. The summed E-state index contributed by atoms with van der Waals surface area (Å²) in [6.07, 6.45) is 1.33. The minimum atomic E-state index is -0.840.